The van der Waals surface area contributed by atoms with Crippen molar-refractivity contribution in [2.45, 2.75) is 19.6 Å². The lowest BCUT2D eigenvalue weighted by atomic mass is 10.1. The zero-order valence-corrected chi connectivity index (χ0v) is 13.4. The van der Waals surface area contributed by atoms with Crippen LogP contribution >= 0.6 is 15.9 Å². The van der Waals surface area contributed by atoms with Crippen LogP contribution in [0.5, 0.6) is 0 Å². The van der Waals surface area contributed by atoms with Gasteiger partial charge in [0.05, 0.1) is 12.3 Å². The third-order valence-corrected chi connectivity index (χ3v) is 4.03. The van der Waals surface area contributed by atoms with Crippen LogP contribution in [0.3, 0.4) is 0 Å². The molecule has 0 radical (unpaired) electrons. The topological polar surface area (TPSA) is 41.3 Å². The Hall–Kier alpha value is -1.17. The fourth-order valence-corrected chi connectivity index (χ4v) is 2.75. The van der Waals surface area contributed by atoms with Crippen LogP contribution in [0.25, 0.3) is 0 Å². The number of likely N-dealkylation sites (N-methyl/N-ethyl adjacent to an activating group) is 1. The smallest absolute Gasteiger partial charge is 0.0927 e. The van der Waals surface area contributed by atoms with Gasteiger partial charge in [-0.15, -0.1) is 0 Å². The Kier molecular flexibility index (Phi) is 5.34. The number of halogens is 1. The van der Waals surface area contributed by atoms with Gasteiger partial charge in [0.25, 0.3) is 0 Å². The summed E-state index contributed by atoms with van der Waals surface area (Å²) in [6.45, 7) is 4.39. The van der Waals surface area contributed by atoms with Crippen molar-refractivity contribution in [3.63, 3.8) is 0 Å². The molecular formula is C15H20BrN3O. The van der Waals surface area contributed by atoms with Crippen molar-refractivity contribution in [3.05, 3.63) is 52.3 Å². The Bertz CT molecular complexity index is 556. The predicted octanol–water partition coefficient (Wildman–Crippen LogP) is 2.74. The van der Waals surface area contributed by atoms with Crippen LogP contribution in [0, 0.1) is 0 Å². The second-order valence-corrected chi connectivity index (χ2v) is 5.74. The van der Waals surface area contributed by atoms with Gasteiger partial charge in [-0.25, -0.2) is 0 Å². The van der Waals surface area contributed by atoms with Crippen molar-refractivity contribution in [2.24, 2.45) is 7.05 Å². The molecule has 20 heavy (non-hydrogen) atoms. The molecule has 0 aliphatic carbocycles. The lowest BCUT2D eigenvalue weighted by Gasteiger charge is -2.23. The fourth-order valence-electron chi connectivity index (χ4n) is 2.21. The van der Waals surface area contributed by atoms with E-state index in [9.17, 15) is 5.11 Å². The molecule has 0 aliphatic heterocycles. The highest BCUT2D eigenvalue weighted by Crippen LogP contribution is 2.24. The fraction of sp³-hybridized carbons (Fsp3) is 0.400. The van der Waals surface area contributed by atoms with Crippen LogP contribution in [-0.4, -0.2) is 32.9 Å². The molecule has 0 aliphatic rings. The zero-order chi connectivity index (χ0) is 14.5. The lowest BCUT2D eigenvalue weighted by Crippen LogP contribution is -2.28. The Balaban J connectivity index is 2.01. The van der Waals surface area contributed by atoms with E-state index in [2.05, 4.69) is 32.9 Å². The van der Waals surface area contributed by atoms with Gasteiger partial charge in [0.15, 0.2) is 0 Å². The number of rotatable bonds is 6. The number of hydrogen-bond donors (Lipinski definition) is 1. The van der Waals surface area contributed by atoms with E-state index in [1.807, 2.05) is 43.7 Å². The summed E-state index contributed by atoms with van der Waals surface area (Å²) in [4.78, 5) is 2.21. The lowest BCUT2D eigenvalue weighted by molar-refractivity contribution is 0.112. The van der Waals surface area contributed by atoms with E-state index in [0.29, 0.717) is 6.54 Å². The second-order valence-electron chi connectivity index (χ2n) is 4.89. The van der Waals surface area contributed by atoms with Crippen molar-refractivity contribution < 1.29 is 5.11 Å². The Morgan fingerprint density at radius 2 is 2.15 bits per heavy atom. The molecule has 1 unspecified atom stereocenters. The van der Waals surface area contributed by atoms with Crippen molar-refractivity contribution >= 4 is 15.9 Å². The molecule has 0 saturated heterocycles. The van der Waals surface area contributed by atoms with Crippen LogP contribution in [0.4, 0.5) is 0 Å². The largest absolute Gasteiger partial charge is 0.387 e. The minimum Gasteiger partial charge on any atom is -0.387 e. The average molecular weight is 338 g/mol. The highest BCUT2D eigenvalue weighted by Gasteiger charge is 2.15. The highest BCUT2D eigenvalue weighted by molar-refractivity contribution is 9.10. The normalized spacial score (nSPS) is 12.8. The zero-order valence-electron chi connectivity index (χ0n) is 11.8. The molecule has 0 saturated carbocycles. The highest BCUT2D eigenvalue weighted by atomic mass is 79.9. The molecule has 5 heteroatoms. The molecule has 1 heterocycles. The van der Waals surface area contributed by atoms with Gasteiger partial charge in [-0.2, -0.15) is 5.10 Å². The molecule has 1 N–H and O–H groups in total. The number of benzene rings is 1. The molecule has 4 nitrogen and oxygen atoms in total. The monoisotopic (exact) mass is 337 g/mol. The summed E-state index contributed by atoms with van der Waals surface area (Å²) in [5.74, 6) is 0. The van der Waals surface area contributed by atoms with Crippen LogP contribution < -0.4 is 0 Å². The van der Waals surface area contributed by atoms with Crippen LogP contribution in [-0.2, 0) is 13.6 Å². The third-order valence-electron chi connectivity index (χ3n) is 3.31. The first kappa shape index (κ1) is 15.2. The predicted molar refractivity (Wildman–Crippen MR) is 83.3 cm³/mol. The molecule has 1 aromatic heterocycles. The molecule has 1 atom stereocenters. The first-order chi connectivity index (χ1) is 9.60. The van der Waals surface area contributed by atoms with E-state index in [1.165, 1.54) is 0 Å². The Labute approximate surface area is 128 Å². The number of hydrogen-bond acceptors (Lipinski definition) is 3. The molecule has 0 spiro atoms. The van der Waals surface area contributed by atoms with Gasteiger partial charge in [-0.3, -0.25) is 9.58 Å². The van der Waals surface area contributed by atoms with Crippen molar-refractivity contribution in [1.29, 1.82) is 0 Å². The van der Waals surface area contributed by atoms with E-state index in [1.54, 1.807) is 4.68 Å². The van der Waals surface area contributed by atoms with Gasteiger partial charge < -0.3 is 5.11 Å². The number of aliphatic hydroxyl groups excluding tert-OH is 1. The SMILES string of the molecule is CCN(Cc1cnn(C)c1)CC(O)c1ccccc1Br. The number of aryl methyl sites for hydroxylation is 1. The van der Waals surface area contributed by atoms with Crippen LogP contribution in [0.15, 0.2) is 41.1 Å². The van der Waals surface area contributed by atoms with Crippen molar-refractivity contribution in [2.75, 3.05) is 13.1 Å². The molecule has 0 fully saturated rings. The maximum absolute atomic E-state index is 10.4. The molecule has 0 bridgehead atoms. The summed E-state index contributed by atoms with van der Waals surface area (Å²) in [7, 11) is 1.91. The average Bonchev–Trinajstić information content (AvgIpc) is 2.83. The number of aliphatic hydroxyl groups is 1. The standard InChI is InChI=1S/C15H20BrN3O/c1-3-19(10-12-8-17-18(2)9-12)11-15(20)13-6-4-5-7-14(13)16/h4-9,15,20H,3,10-11H2,1-2H3. The quantitative estimate of drug-likeness (QED) is 0.881. The van der Waals surface area contributed by atoms with Gasteiger partial charge in [-0.05, 0) is 18.2 Å². The van der Waals surface area contributed by atoms with Crippen LogP contribution in [0.2, 0.25) is 0 Å². The molecule has 0 amide bonds. The Morgan fingerprint density at radius 3 is 2.75 bits per heavy atom. The molecule has 2 aromatic rings. The Morgan fingerprint density at radius 1 is 1.40 bits per heavy atom. The maximum Gasteiger partial charge on any atom is 0.0927 e. The molecular weight excluding hydrogens is 318 g/mol. The first-order valence-corrected chi connectivity index (χ1v) is 7.51. The van der Waals surface area contributed by atoms with Gasteiger partial charge in [0.1, 0.15) is 0 Å². The van der Waals surface area contributed by atoms with Crippen molar-refractivity contribution in [1.82, 2.24) is 14.7 Å². The van der Waals surface area contributed by atoms with E-state index < -0.39 is 6.10 Å². The second kappa shape index (κ2) is 7.02. The van der Waals surface area contributed by atoms with E-state index in [-0.39, 0.29) is 0 Å². The van der Waals surface area contributed by atoms with Gasteiger partial charge in [0, 0.05) is 36.4 Å². The summed E-state index contributed by atoms with van der Waals surface area (Å²) in [6.07, 6.45) is 3.38. The van der Waals surface area contributed by atoms with E-state index in [0.717, 1.165) is 28.7 Å². The molecule has 1 aromatic carbocycles. The number of nitrogens with zero attached hydrogens (tertiary/aromatic N) is 3. The summed E-state index contributed by atoms with van der Waals surface area (Å²) >= 11 is 3.49. The van der Waals surface area contributed by atoms with E-state index >= 15 is 0 Å². The summed E-state index contributed by atoms with van der Waals surface area (Å²) in [5.41, 5.74) is 2.09. The minimum absolute atomic E-state index is 0.498. The minimum atomic E-state index is -0.498. The van der Waals surface area contributed by atoms with Gasteiger partial charge in [0.2, 0.25) is 0 Å². The van der Waals surface area contributed by atoms with Crippen LogP contribution in [0.1, 0.15) is 24.2 Å². The van der Waals surface area contributed by atoms with Gasteiger partial charge >= 0.3 is 0 Å². The number of aromatic nitrogens is 2. The van der Waals surface area contributed by atoms with Crippen molar-refractivity contribution in [3.8, 4) is 0 Å². The van der Waals surface area contributed by atoms with Gasteiger partial charge in [-0.1, -0.05) is 41.1 Å². The van der Waals surface area contributed by atoms with E-state index in [4.69, 9.17) is 0 Å². The summed E-state index contributed by atoms with van der Waals surface area (Å²) < 4.78 is 2.75. The summed E-state index contributed by atoms with van der Waals surface area (Å²) in [6, 6.07) is 7.80. The maximum atomic E-state index is 10.4. The summed E-state index contributed by atoms with van der Waals surface area (Å²) in [5, 5.41) is 14.6. The first-order valence-electron chi connectivity index (χ1n) is 6.72. The third kappa shape index (κ3) is 3.91. The molecule has 2 rings (SSSR count). The molecule has 108 valence electrons.